The Bertz CT molecular complexity index is 301. The Kier molecular flexibility index (Phi) is 7.43. The molecule has 4 atom stereocenters. The van der Waals surface area contributed by atoms with Crippen LogP contribution in [0.5, 0.6) is 0 Å². The highest BCUT2D eigenvalue weighted by Crippen LogP contribution is 2.25. The molecule has 1 rings (SSSR count). The third kappa shape index (κ3) is 4.41. The lowest BCUT2D eigenvalue weighted by Gasteiger charge is -2.29. The van der Waals surface area contributed by atoms with Crippen LogP contribution in [0.4, 0.5) is 0 Å². The van der Waals surface area contributed by atoms with Gasteiger partial charge in [0.05, 0.1) is 30.9 Å². The topological polar surface area (TPSA) is 93.0 Å². The average molecular weight is 288 g/mol. The van der Waals surface area contributed by atoms with E-state index in [0.29, 0.717) is 6.54 Å². The summed E-state index contributed by atoms with van der Waals surface area (Å²) in [5.74, 6) is -0.162. The van der Waals surface area contributed by atoms with Gasteiger partial charge < -0.3 is 20.6 Å². The fourth-order valence-corrected chi connectivity index (χ4v) is 2.85. The van der Waals surface area contributed by atoms with E-state index in [2.05, 4.69) is 12.2 Å². The molecule has 1 heterocycles. The number of hydrogen-bond acceptors (Lipinski definition) is 5. The number of carbonyl (C=O) groups excluding carboxylic acids is 1. The molecule has 4 N–H and O–H groups in total. The first-order valence-corrected chi connectivity index (χ1v) is 7.50. The summed E-state index contributed by atoms with van der Waals surface area (Å²) in [7, 11) is 0. The molecule has 0 bridgehead atoms. The molecule has 0 aromatic rings. The lowest BCUT2D eigenvalue weighted by atomic mass is 10.1. The minimum absolute atomic E-state index is 0.162. The monoisotopic (exact) mass is 288 g/mol. The van der Waals surface area contributed by atoms with Gasteiger partial charge in [0.15, 0.2) is 0 Å². The Morgan fingerprint density at radius 1 is 1.15 bits per heavy atom. The summed E-state index contributed by atoms with van der Waals surface area (Å²) in [6.45, 7) is 4.37. The molecule has 0 radical (unpaired) electrons. The molecule has 1 fully saturated rings. The molecule has 1 unspecified atom stereocenters. The van der Waals surface area contributed by atoms with Gasteiger partial charge in [-0.3, -0.25) is 9.69 Å². The predicted molar refractivity (Wildman–Crippen MR) is 76.2 cm³/mol. The van der Waals surface area contributed by atoms with Crippen molar-refractivity contribution in [3.63, 3.8) is 0 Å². The minimum Gasteiger partial charge on any atom is -0.395 e. The van der Waals surface area contributed by atoms with Crippen molar-refractivity contribution in [1.29, 1.82) is 0 Å². The van der Waals surface area contributed by atoms with E-state index in [1.165, 1.54) is 6.92 Å². The molecule has 1 amide bonds. The normalized spacial score (nSPS) is 30.6. The predicted octanol–water partition coefficient (Wildman–Crippen LogP) is -0.530. The van der Waals surface area contributed by atoms with Crippen molar-refractivity contribution in [3.05, 3.63) is 0 Å². The van der Waals surface area contributed by atoms with Crippen molar-refractivity contribution in [3.8, 4) is 0 Å². The average Bonchev–Trinajstić information content (AvgIpc) is 2.64. The van der Waals surface area contributed by atoms with E-state index in [9.17, 15) is 20.1 Å². The SMILES string of the molecule is CCCCCCN1C(CO)[C@@H](O)[C@H](O)[C@H]1CNC(C)=O. The number of aliphatic hydroxyl groups is 3. The summed E-state index contributed by atoms with van der Waals surface area (Å²) < 4.78 is 0. The Morgan fingerprint density at radius 2 is 1.80 bits per heavy atom. The maximum absolute atomic E-state index is 11.0. The van der Waals surface area contributed by atoms with Crippen LogP contribution in [0, 0.1) is 0 Å². The first-order chi connectivity index (χ1) is 9.52. The number of rotatable bonds is 8. The van der Waals surface area contributed by atoms with Crippen LogP contribution >= 0.6 is 0 Å². The van der Waals surface area contributed by atoms with Crippen molar-refractivity contribution < 1.29 is 20.1 Å². The van der Waals surface area contributed by atoms with E-state index in [1.807, 2.05) is 4.90 Å². The zero-order valence-corrected chi connectivity index (χ0v) is 12.5. The minimum atomic E-state index is -0.968. The lowest BCUT2D eigenvalue weighted by Crippen LogP contribution is -2.47. The van der Waals surface area contributed by atoms with Crippen LogP contribution in [0.3, 0.4) is 0 Å². The third-order valence-electron chi connectivity index (χ3n) is 4.01. The van der Waals surface area contributed by atoms with Gasteiger partial charge in [-0.25, -0.2) is 0 Å². The number of nitrogens with one attached hydrogen (secondary N) is 1. The molecule has 0 saturated carbocycles. The highest BCUT2D eigenvalue weighted by atomic mass is 16.3. The number of amides is 1. The fraction of sp³-hybridized carbons (Fsp3) is 0.929. The van der Waals surface area contributed by atoms with E-state index in [1.54, 1.807) is 0 Å². The van der Waals surface area contributed by atoms with Crippen LogP contribution in [-0.4, -0.2) is 70.1 Å². The molecule has 1 saturated heterocycles. The summed E-state index contributed by atoms with van der Waals surface area (Å²) in [5, 5.41) is 32.2. The van der Waals surface area contributed by atoms with Crippen LogP contribution in [0.1, 0.15) is 39.5 Å². The van der Waals surface area contributed by atoms with E-state index in [-0.39, 0.29) is 25.1 Å². The molecule has 1 aliphatic rings. The van der Waals surface area contributed by atoms with Gasteiger partial charge in [-0.1, -0.05) is 26.2 Å². The summed E-state index contributed by atoms with van der Waals surface area (Å²) in [5.41, 5.74) is 0. The molecular formula is C14H28N2O4. The van der Waals surface area contributed by atoms with Crippen molar-refractivity contribution >= 4 is 5.91 Å². The van der Waals surface area contributed by atoms with Crippen LogP contribution in [0.2, 0.25) is 0 Å². The zero-order chi connectivity index (χ0) is 15.1. The highest BCUT2D eigenvalue weighted by Gasteiger charge is 2.46. The number of nitrogens with zero attached hydrogens (tertiary/aromatic N) is 1. The van der Waals surface area contributed by atoms with E-state index in [4.69, 9.17) is 0 Å². The molecular weight excluding hydrogens is 260 g/mol. The van der Waals surface area contributed by atoms with E-state index < -0.39 is 18.2 Å². The molecule has 118 valence electrons. The van der Waals surface area contributed by atoms with E-state index in [0.717, 1.165) is 25.7 Å². The van der Waals surface area contributed by atoms with Gasteiger partial charge in [0.2, 0.25) is 5.91 Å². The number of carbonyl (C=O) groups is 1. The standard InChI is InChI=1S/C14H28N2O4/c1-3-4-5-6-7-16-11(8-15-10(2)18)13(19)14(20)12(16)9-17/h11-14,17,19-20H,3-9H2,1-2H3,(H,15,18)/t11-,12?,13-,14-/m1/s1. The second kappa shape index (κ2) is 8.56. The Morgan fingerprint density at radius 3 is 2.35 bits per heavy atom. The maximum atomic E-state index is 11.0. The van der Waals surface area contributed by atoms with Gasteiger partial charge in [0, 0.05) is 13.5 Å². The third-order valence-corrected chi connectivity index (χ3v) is 4.01. The van der Waals surface area contributed by atoms with Gasteiger partial charge >= 0.3 is 0 Å². The van der Waals surface area contributed by atoms with Crippen molar-refractivity contribution in [2.75, 3.05) is 19.7 Å². The maximum Gasteiger partial charge on any atom is 0.216 e. The number of unbranched alkanes of at least 4 members (excludes halogenated alkanes) is 3. The van der Waals surface area contributed by atoms with Gasteiger partial charge in [-0.2, -0.15) is 0 Å². The largest absolute Gasteiger partial charge is 0.395 e. The molecule has 6 nitrogen and oxygen atoms in total. The second-order valence-electron chi connectivity index (χ2n) is 5.53. The molecule has 0 aliphatic carbocycles. The zero-order valence-electron chi connectivity index (χ0n) is 12.5. The second-order valence-corrected chi connectivity index (χ2v) is 5.53. The first-order valence-electron chi connectivity index (χ1n) is 7.50. The quantitative estimate of drug-likeness (QED) is 0.451. The Labute approximate surface area is 120 Å². The van der Waals surface area contributed by atoms with Gasteiger partial charge in [-0.05, 0) is 13.0 Å². The van der Waals surface area contributed by atoms with Crippen LogP contribution in [0.15, 0.2) is 0 Å². The fourth-order valence-electron chi connectivity index (χ4n) is 2.85. The molecule has 0 spiro atoms. The van der Waals surface area contributed by atoms with Crippen molar-refractivity contribution in [2.45, 2.75) is 63.8 Å². The Hall–Kier alpha value is -0.690. The highest BCUT2D eigenvalue weighted by molar-refractivity contribution is 5.72. The van der Waals surface area contributed by atoms with Crippen LogP contribution in [0.25, 0.3) is 0 Å². The van der Waals surface area contributed by atoms with Gasteiger partial charge in [-0.15, -0.1) is 0 Å². The molecule has 6 heteroatoms. The number of hydrogen-bond donors (Lipinski definition) is 4. The summed E-state index contributed by atoms with van der Waals surface area (Å²) in [4.78, 5) is 13.0. The van der Waals surface area contributed by atoms with Crippen molar-refractivity contribution in [2.24, 2.45) is 0 Å². The van der Waals surface area contributed by atoms with Crippen LogP contribution in [-0.2, 0) is 4.79 Å². The van der Waals surface area contributed by atoms with Crippen LogP contribution < -0.4 is 5.32 Å². The molecule has 0 aromatic carbocycles. The lowest BCUT2D eigenvalue weighted by molar-refractivity contribution is -0.119. The van der Waals surface area contributed by atoms with Gasteiger partial charge in [0.25, 0.3) is 0 Å². The number of likely N-dealkylation sites (tertiary alicyclic amines) is 1. The van der Waals surface area contributed by atoms with Gasteiger partial charge in [0.1, 0.15) is 0 Å². The molecule has 0 aromatic heterocycles. The molecule has 20 heavy (non-hydrogen) atoms. The summed E-state index contributed by atoms with van der Waals surface area (Å²) in [6.07, 6.45) is 2.43. The number of aliphatic hydroxyl groups excluding tert-OH is 3. The van der Waals surface area contributed by atoms with E-state index >= 15 is 0 Å². The summed E-state index contributed by atoms with van der Waals surface area (Å²) >= 11 is 0. The smallest absolute Gasteiger partial charge is 0.216 e. The van der Waals surface area contributed by atoms with Crippen molar-refractivity contribution in [1.82, 2.24) is 10.2 Å². The Balaban J connectivity index is 2.62. The molecule has 1 aliphatic heterocycles. The first kappa shape index (κ1) is 17.4. The summed E-state index contributed by atoms with van der Waals surface area (Å²) in [6, 6.07) is -0.793.